The predicted molar refractivity (Wildman–Crippen MR) is 184 cm³/mol. The number of esters is 1. The summed E-state index contributed by atoms with van der Waals surface area (Å²) in [5, 5.41) is 3.03. The lowest BCUT2D eigenvalue weighted by molar-refractivity contribution is -0.171. The molecule has 2 aliphatic rings. The maximum absolute atomic E-state index is 13.8. The molecule has 1 aliphatic carbocycles. The van der Waals surface area contributed by atoms with Gasteiger partial charge < -0.3 is 19.7 Å². The maximum atomic E-state index is 13.8. The molecule has 1 amide bonds. The van der Waals surface area contributed by atoms with Crippen molar-refractivity contribution in [2.45, 2.75) is 111 Å². The minimum Gasteiger partial charge on any atom is -0.461 e. The van der Waals surface area contributed by atoms with E-state index in [-0.39, 0.29) is 17.4 Å². The Kier molecular flexibility index (Phi) is 10.2. The Hall–Kier alpha value is -3.71. The smallest absolute Gasteiger partial charge is 0.340 e. The van der Waals surface area contributed by atoms with E-state index in [2.05, 4.69) is 10.2 Å². The van der Waals surface area contributed by atoms with E-state index in [1.807, 2.05) is 103 Å². The molecule has 2 aromatic carbocycles. The summed E-state index contributed by atoms with van der Waals surface area (Å²) in [5.41, 5.74) is 6.70. The van der Waals surface area contributed by atoms with Gasteiger partial charge in [-0.2, -0.15) is 0 Å². The minimum atomic E-state index is -0.935. The summed E-state index contributed by atoms with van der Waals surface area (Å²) in [7, 11) is 0. The number of benzene rings is 2. The standard InChI is InChI=1S/C39H51N3O4/c1-26(2)45-37(44)35(46-38(5,6)7)33-28(4)41-27(3)32(34(33)42-23-22-39(25-42)20-12-9-13-21-39)30-16-18-31(19-17-30)36(43)40-24-29-14-10-8-11-15-29/h8,10-11,14-19,26,35H,9,12-13,20-25H2,1-7H3,(H,40,43). The van der Waals surface area contributed by atoms with Crippen LogP contribution in [0, 0.1) is 19.3 Å². The highest BCUT2D eigenvalue weighted by atomic mass is 16.6. The molecule has 7 heteroatoms. The zero-order chi connectivity index (χ0) is 33.1. The van der Waals surface area contributed by atoms with Crippen molar-refractivity contribution in [3.63, 3.8) is 0 Å². The van der Waals surface area contributed by atoms with Gasteiger partial charge in [-0.1, -0.05) is 61.7 Å². The summed E-state index contributed by atoms with van der Waals surface area (Å²) in [6.45, 7) is 16.0. The zero-order valence-corrected chi connectivity index (χ0v) is 28.7. The van der Waals surface area contributed by atoms with Crippen LogP contribution in [0.15, 0.2) is 54.6 Å². The van der Waals surface area contributed by atoms with Crippen LogP contribution in [0.3, 0.4) is 0 Å². The molecule has 0 radical (unpaired) electrons. The zero-order valence-electron chi connectivity index (χ0n) is 28.7. The van der Waals surface area contributed by atoms with Crippen LogP contribution in [0.4, 0.5) is 5.69 Å². The third-order valence-electron chi connectivity index (χ3n) is 9.28. The summed E-state index contributed by atoms with van der Waals surface area (Å²) in [6, 6.07) is 17.7. The average molecular weight is 626 g/mol. The first-order valence-corrected chi connectivity index (χ1v) is 16.9. The third kappa shape index (κ3) is 7.80. The number of nitrogens with zero attached hydrogens (tertiary/aromatic N) is 2. The Balaban J connectivity index is 1.58. The molecule has 1 saturated heterocycles. The molecule has 5 rings (SSSR count). The molecule has 1 aliphatic heterocycles. The molecule has 1 atom stereocenters. The fraction of sp³-hybridized carbons (Fsp3) is 0.513. The highest BCUT2D eigenvalue weighted by Crippen LogP contribution is 2.49. The number of carbonyl (C=O) groups is 2. The number of carbonyl (C=O) groups excluding carboxylic acids is 2. The van der Waals surface area contributed by atoms with Gasteiger partial charge in [-0.25, -0.2) is 4.79 Å². The van der Waals surface area contributed by atoms with Crippen molar-refractivity contribution in [3.8, 4) is 11.1 Å². The Morgan fingerprint density at radius 3 is 2.24 bits per heavy atom. The quantitative estimate of drug-likeness (QED) is 0.241. The van der Waals surface area contributed by atoms with Crippen LogP contribution in [0.2, 0.25) is 0 Å². The van der Waals surface area contributed by atoms with Gasteiger partial charge in [0.2, 0.25) is 0 Å². The predicted octanol–water partition coefficient (Wildman–Crippen LogP) is 8.26. The number of hydrogen-bond donors (Lipinski definition) is 1. The monoisotopic (exact) mass is 625 g/mol. The molecule has 0 bridgehead atoms. The van der Waals surface area contributed by atoms with Gasteiger partial charge in [0.1, 0.15) is 0 Å². The molecule has 1 aromatic heterocycles. The number of rotatable bonds is 9. The van der Waals surface area contributed by atoms with Crippen LogP contribution in [-0.2, 0) is 20.8 Å². The Morgan fingerprint density at radius 1 is 0.935 bits per heavy atom. The largest absolute Gasteiger partial charge is 0.461 e. The fourth-order valence-electron chi connectivity index (χ4n) is 7.21. The third-order valence-corrected chi connectivity index (χ3v) is 9.28. The number of anilines is 1. The van der Waals surface area contributed by atoms with Gasteiger partial charge in [-0.15, -0.1) is 0 Å². The molecule has 1 spiro atoms. The molecule has 7 nitrogen and oxygen atoms in total. The van der Waals surface area contributed by atoms with Crippen molar-refractivity contribution < 1.29 is 19.1 Å². The first-order valence-electron chi connectivity index (χ1n) is 16.9. The number of amides is 1. The second kappa shape index (κ2) is 14.0. The van der Waals surface area contributed by atoms with E-state index < -0.39 is 17.7 Å². The molecule has 3 aromatic rings. The normalized spacial score (nSPS) is 16.9. The average Bonchev–Trinajstić information content (AvgIpc) is 3.41. The second-order valence-electron chi connectivity index (χ2n) is 14.5. The highest BCUT2D eigenvalue weighted by molar-refractivity contribution is 5.95. The van der Waals surface area contributed by atoms with Gasteiger partial charge in [0.25, 0.3) is 5.91 Å². The Morgan fingerprint density at radius 2 is 1.61 bits per heavy atom. The van der Waals surface area contributed by atoms with Crippen molar-refractivity contribution in [2.24, 2.45) is 5.41 Å². The van der Waals surface area contributed by atoms with E-state index in [9.17, 15) is 9.59 Å². The van der Waals surface area contributed by atoms with Crippen molar-refractivity contribution in [1.29, 1.82) is 0 Å². The number of hydrogen-bond acceptors (Lipinski definition) is 6. The van der Waals surface area contributed by atoms with Crippen LogP contribution >= 0.6 is 0 Å². The maximum Gasteiger partial charge on any atom is 0.340 e. The van der Waals surface area contributed by atoms with E-state index in [1.165, 1.54) is 32.1 Å². The van der Waals surface area contributed by atoms with Gasteiger partial charge in [0.05, 0.1) is 17.4 Å². The van der Waals surface area contributed by atoms with Gasteiger partial charge >= 0.3 is 5.97 Å². The Bertz CT molecular complexity index is 1520. The van der Waals surface area contributed by atoms with Crippen LogP contribution in [0.25, 0.3) is 11.1 Å². The van der Waals surface area contributed by atoms with Gasteiger partial charge in [0, 0.05) is 47.7 Å². The van der Waals surface area contributed by atoms with Crippen LogP contribution in [-0.4, -0.2) is 41.7 Å². The van der Waals surface area contributed by atoms with Crippen LogP contribution < -0.4 is 10.2 Å². The fourth-order valence-corrected chi connectivity index (χ4v) is 7.21. The molecule has 1 unspecified atom stereocenters. The number of pyridine rings is 1. The molecule has 246 valence electrons. The summed E-state index contributed by atoms with van der Waals surface area (Å²) in [4.78, 5) is 34.4. The topological polar surface area (TPSA) is 80.8 Å². The Labute approximate surface area is 275 Å². The van der Waals surface area contributed by atoms with E-state index in [0.717, 1.165) is 58.8 Å². The number of aromatic nitrogens is 1. The molecule has 1 saturated carbocycles. The molecular weight excluding hydrogens is 574 g/mol. The lowest BCUT2D eigenvalue weighted by atomic mass is 9.73. The summed E-state index contributed by atoms with van der Waals surface area (Å²) >= 11 is 0. The molecule has 46 heavy (non-hydrogen) atoms. The minimum absolute atomic E-state index is 0.121. The van der Waals surface area contributed by atoms with Crippen LogP contribution in [0.5, 0.6) is 0 Å². The van der Waals surface area contributed by atoms with Gasteiger partial charge in [-0.05, 0) is 96.4 Å². The lowest BCUT2D eigenvalue weighted by Gasteiger charge is -2.36. The number of aryl methyl sites for hydroxylation is 2. The first kappa shape index (κ1) is 33.6. The first-order chi connectivity index (χ1) is 21.9. The van der Waals surface area contributed by atoms with Gasteiger partial charge in [-0.3, -0.25) is 9.78 Å². The van der Waals surface area contributed by atoms with Gasteiger partial charge in [0.15, 0.2) is 6.10 Å². The molecule has 2 heterocycles. The number of nitrogens with one attached hydrogen (secondary N) is 1. The summed E-state index contributed by atoms with van der Waals surface area (Å²) in [5.74, 6) is -0.521. The summed E-state index contributed by atoms with van der Waals surface area (Å²) in [6.07, 6.45) is 6.24. The molecular formula is C39H51N3O4. The van der Waals surface area contributed by atoms with E-state index in [1.54, 1.807) is 0 Å². The van der Waals surface area contributed by atoms with Crippen molar-refractivity contribution in [1.82, 2.24) is 10.3 Å². The van der Waals surface area contributed by atoms with E-state index >= 15 is 0 Å². The van der Waals surface area contributed by atoms with Crippen molar-refractivity contribution in [2.75, 3.05) is 18.0 Å². The highest BCUT2D eigenvalue weighted by Gasteiger charge is 2.43. The summed E-state index contributed by atoms with van der Waals surface area (Å²) < 4.78 is 12.4. The van der Waals surface area contributed by atoms with Crippen LogP contribution in [0.1, 0.15) is 112 Å². The van der Waals surface area contributed by atoms with E-state index in [0.29, 0.717) is 12.1 Å². The second-order valence-corrected chi connectivity index (χ2v) is 14.5. The van der Waals surface area contributed by atoms with Crippen molar-refractivity contribution >= 4 is 17.6 Å². The number of ether oxygens (including phenoxy) is 2. The van der Waals surface area contributed by atoms with E-state index in [4.69, 9.17) is 14.5 Å². The van der Waals surface area contributed by atoms with Crippen molar-refractivity contribution in [3.05, 3.63) is 82.7 Å². The molecule has 2 fully saturated rings. The molecule has 1 N–H and O–H groups in total. The SMILES string of the molecule is Cc1nc(C)c(C(OC(C)(C)C)C(=O)OC(C)C)c(N2CCC3(CCCCC3)C2)c1-c1ccc(C(=O)NCc2ccccc2)cc1. The lowest BCUT2D eigenvalue weighted by Crippen LogP contribution is -2.34.